The molecule has 0 saturated carbocycles. The molecule has 0 saturated heterocycles. The molecule has 0 spiro atoms. The molecule has 1 N–H and O–H groups in total. The fourth-order valence-electron chi connectivity index (χ4n) is 1.89. The summed E-state index contributed by atoms with van der Waals surface area (Å²) >= 11 is 1.88. The number of thiophene rings is 1. The second-order valence-corrected chi connectivity index (χ2v) is 7.36. The van der Waals surface area contributed by atoms with Crippen LogP contribution < -0.4 is 5.32 Å². The SMILES string of the molecule is Cc1cc(CNCc2cnn(C(C)(C)C)c2)sc1C. The Kier molecular flexibility index (Phi) is 4.11. The summed E-state index contributed by atoms with van der Waals surface area (Å²) in [5.41, 5.74) is 2.68. The Balaban J connectivity index is 1.87. The van der Waals surface area contributed by atoms with Crippen molar-refractivity contribution in [2.75, 3.05) is 0 Å². The minimum atomic E-state index is 0.0558. The van der Waals surface area contributed by atoms with E-state index < -0.39 is 0 Å². The van der Waals surface area contributed by atoms with E-state index in [2.05, 4.69) is 57.3 Å². The van der Waals surface area contributed by atoms with Gasteiger partial charge in [-0.05, 0) is 46.2 Å². The summed E-state index contributed by atoms with van der Waals surface area (Å²) in [6.45, 7) is 12.6. The molecule has 2 aromatic rings. The van der Waals surface area contributed by atoms with Crippen molar-refractivity contribution in [2.24, 2.45) is 0 Å². The Morgan fingerprint density at radius 3 is 2.53 bits per heavy atom. The second-order valence-electron chi connectivity index (χ2n) is 6.02. The predicted octanol–water partition coefficient (Wildman–Crippen LogP) is 3.61. The summed E-state index contributed by atoms with van der Waals surface area (Å²) < 4.78 is 2.02. The fourth-order valence-corrected chi connectivity index (χ4v) is 2.91. The first-order chi connectivity index (χ1) is 8.86. The highest BCUT2D eigenvalue weighted by atomic mass is 32.1. The molecule has 2 heterocycles. The molecule has 0 aromatic carbocycles. The summed E-state index contributed by atoms with van der Waals surface area (Å²) in [4.78, 5) is 2.82. The molecule has 0 radical (unpaired) electrons. The zero-order valence-electron chi connectivity index (χ0n) is 12.4. The van der Waals surface area contributed by atoms with E-state index in [-0.39, 0.29) is 5.54 Å². The molecule has 0 fully saturated rings. The normalized spacial score (nSPS) is 12.1. The van der Waals surface area contributed by atoms with Gasteiger partial charge in [0.15, 0.2) is 0 Å². The van der Waals surface area contributed by atoms with Gasteiger partial charge in [0.05, 0.1) is 11.7 Å². The maximum Gasteiger partial charge on any atom is 0.0543 e. The molecule has 104 valence electrons. The lowest BCUT2D eigenvalue weighted by Gasteiger charge is -2.18. The highest BCUT2D eigenvalue weighted by molar-refractivity contribution is 7.12. The molecule has 0 atom stereocenters. The third-order valence-corrected chi connectivity index (χ3v) is 4.32. The number of aryl methyl sites for hydroxylation is 2. The van der Waals surface area contributed by atoms with Crippen LogP contribution in [0.4, 0.5) is 0 Å². The van der Waals surface area contributed by atoms with Crippen molar-refractivity contribution in [3.8, 4) is 0 Å². The number of nitrogens with one attached hydrogen (secondary N) is 1. The van der Waals surface area contributed by atoms with E-state index in [1.165, 1.54) is 20.9 Å². The molecule has 19 heavy (non-hydrogen) atoms. The Hall–Kier alpha value is -1.13. The average molecular weight is 277 g/mol. The first kappa shape index (κ1) is 14.3. The van der Waals surface area contributed by atoms with Crippen LogP contribution >= 0.6 is 11.3 Å². The summed E-state index contributed by atoms with van der Waals surface area (Å²) in [6, 6.07) is 2.27. The summed E-state index contributed by atoms with van der Waals surface area (Å²) in [5, 5.41) is 7.89. The Morgan fingerprint density at radius 1 is 1.26 bits per heavy atom. The van der Waals surface area contributed by atoms with Crippen molar-refractivity contribution in [1.82, 2.24) is 15.1 Å². The van der Waals surface area contributed by atoms with Crippen LogP contribution in [0.2, 0.25) is 0 Å². The van der Waals surface area contributed by atoms with Crippen LogP contribution in [0.3, 0.4) is 0 Å². The molecule has 3 nitrogen and oxygen atoms in total. The molecular weight excluding hydrogens is 254 g/mol. The lowest BCUT2D eigenvalue weighted by Crippen LogP contribution is -2.22. The molecule has 0 aliphatic heterocycles. The van der Waals surface area contributed by atoms with E-state index in [1.54, 1.807) is 0 Å². The van der Waals surface area contributed by atoms with Gasteiger partial charge < -0.3 is 5.32 Å². The maximum absolute atomic E-state index is 4.41. The maximum atomic E-state index is 4.41. The van der Waals surface area contributed by atoms with E-state index in [0.717, 1.165) is 13.1 Å². The van der Waals surface area contributed by atoms with Crippen molar-refractivity contribution in [3.05, 3.63) is 39.3 Å². The number of hydrogen-bond acceptors (Lipinski definition) is 3. The smallest absolute Gasteiger partial charge is 0.0543 e. The molecular formula is C15H23N3S. The van der Waals surface area contributed by atoms with Gasteiger partial charge >= 0.3 is 0 Å². The number of rotatable bonds is 4. The summed E-state index contributed by atoms with van der Waals surface area (Å²) in [6.07, 6.45) is 4.07. The van der Waals surface area contributed by atoms with Crippen molar-refractivity contribution in [3.63, 3.8) is 0 Å². The highest BCUT2D eigenvalue weighted by Crippen LogP contribution is 2.20. The van der Waals surface area contributed by atoms with Gasteiger partial charge in [0.1, 0.15) is 0 Å². The van der Waals surface area contributed by atoms with Gasteiger partial charge in [-0.15, -0.1) is 11.3 Å². The van der Waals surface area contributed by atoms with Gasteiger partial charge in [-0.1, -0.05) is 0 Å². The van der Waals surface area contributed by atoms with Crippen LogP contribution in [-0.4, -0.2) is 9.78 Å². The largest absolute Gasteiger partial charge is 0.308 e. The van der Waals surface area contributed by atoms with E-state index in [0.29, 0.717) is 0 Å². The Bertz CT molecular complexity index is 526. The lowest BCUT2D eigenvalue weighted by atomic mass is 10.1. The number of aromatic nitrogens is 2. The molecule has 0 unspecified atom stereocenters. The van der Waals surface area contributed by atoms with Gasteiger partial charge in [0.25, 0.3) is 0 Å². The lowest BCUT2D eigenvalue weighted by molar-refractivity contribution is 0.355. The minimum Gasteiger partial charge on any atom is -0.308 e. The first-order valence-electron chi connectivity index (χ1n) is 6.67. The van der Waals surface area contributed by atoms with Crippen molar-refractivity contribution >= 4 is 11.3 Å². The molecule has 0 aliphatic carbocycles. The van der Waals surface area contributed by atoms with Crippen molar-refractivity contribution in [2.45, 2.75) is 53.2 Å². The molecule has 4 heteroatoms. The molecule has 2 rings (SSSR count). The quantitative estimate of drug-likeness (QED) is 0.925. The van der Waals surface area contributed by atoms with E-state index in [1.807, 2.05) is 22.2 Å². The Morgan fingerprint density at radius 2 is 2.00 bits per heavy atom. The molecule has 2 aromatic heterocycles. The van der Waals surface area contributed by atoms with Crippen LogP contribution in [-0.2, 0) is 18.6 Å². The molecule has 0 amide bonds. The van der Waals surface area contributed by atoms with E-state index in [9.17, 15) is 0 Å². The second kappa shape index (κ2) is 5.47. The van der Waals surface area contributed by atoms with E-state index in [4.69, 9.17) is 0 Å². The first-order valence-corrected chi connectivity index (χ1v) is 7.48. The Labute approximate surface area is 119 Å². The standard InChI is InChI=1S/C15H23N3S/c1-11-6-14(19-12(11)2)9-16-7-13-8-17-18(10-13)15(3,4)5/h6,8,10,16H,7,9H2,1-5H3. The van der Waals surface area contributed by atoms with Crippen LogP contribution in [0.5, 0.6) is 0 Å². The number of nitrogens with zero attached hydrogens (tertiary/aromatic N) is 2. The number of hydrogen-bond donors (Lipinski definition) is 1. The summed E-state index contributed by atoms with van der Waals surface area (Å²) in [7, 11) is 0. The fraction of sp³-hybridized carbons (Fsp3) is 0.533. The van der Waals surface area contributed by atoms with Crippen molar-refractivity contribution in [1.29, 1.82) is 0 Å². The van der Waals surface area contributed by atoms with Gasteiger partial charge in [-0.3, -0.25) is 4.68 Å². The molecule has 0 aliphatic rings. The summed E-state index contributed by atoms with van der Waals surface area (Å²) in [5.74, 6) is 0. The third-order valence-electron chi connectivity index (χ3n) is 3.17. The third kappa shape index (κ3) is 3.67. The zero-order valence-corrected chi connectivity index (χ0v) is 13.3. The van der Waals surface area contributed by atoms with Gasteiger partial charge in [-0.25, -0.2) is 0 Å². The van der Waals surface area contributed by atoms with Crippen LogP contribution in [0.15, 0.2) is 18.5 Å². The van der Waals surface area contributed by atoms with Crippen molar-refractivity contribution < 1.29 is 0 Å². The van der Waals surface area contributed by atoms with Gasteiger partial charge in [0.2, 0.25) is 0 Å². The van der Waals surface area contributed by atoms with Crippen LogP contribution in [0, 0.1) is 13.8 Å². The average Bonchev–Trinajstić information content (AvgIpc) is 2.87. The van der Waals surface area contributed by atoms with E-state index >= 15 is 0 Å². The topological polar surface area (TPSA) is 29.9 Å². The molecule has 0 bridgehead atoms. The monoisotopic (exact) mass is 277 g/mol. The predicted molar refractivity (Wildman–Crippen MR) is 81.6 cm³/mol. The minimum absolute atomic E-state index is 0.0558. The van der Waals surface area contributed by atoms with Gasteiger partial charge in [0, 0.05) is 34.6 Å². The van der Waals surface area contributed by atoms with Crippen LogP contribution in [0.25, 0.3) is 0 Å². The zero-order chi connectivity index (χ0) is 14.0. The highest BCUT2D eigenvalue weighted by Gasteiger charge is 2.13. The van der Waals surface area contributed by atoms with Crippen LogP contribution in [0.1, 0.15) is 41.7 Å². The van der Waals surface area contributed by atoms with Gasteiger partial charge in [-0.2, -0.15) is 5.10 Å².